The number of aryl methyl sites for hydroxylation is 1. The summed E-state index contributed by atoms with van der Waals surface area (Å²) in [7, 11) is -3.37. The monoisotopic (exact) mass is 378 g/mol. The molecular weight excluding hydrogens is 360 g/mol. The number of sulfone groups is 1. The van der Waals surface area contributed by atoms with Gasteiger partial charge in [-0.15, -0.1) is 0 Å². The summed E-state index contributed by atoms with van der Waals surface area (Å²) < 4.78 is 23.3. The van der Waals surface area contributed by atoms with Crippen molar-refractivity contribution < 1.29 is 13.2 Å². The predicted octanol–water partition coefficient (Wildman–Crippen LogP) is 3.13. The van der Waals surface area contributed by atoms with Crippen molar-refractivity contribution in [3.8, 4) is 0 Å². The molecule has 1 heterocycles. The van der Waals surface area contributed by atoms with Crippen molar-refractivity contribution in [1.29, 1.82) is 0 Å². The second-order valence-electron chi connectivity index (χ2n) is 6.12. The molecule has 0 bridgehead atoms. The summed E-state index contributed by atoms with van der Waals surface area (Å²) in [5, 5.41) is 3.03. The van der Waals surface area contributed by atoms with Crippen molar-refractivity contribution in [3.63, 3.8) is 0 Å². The van der Waals surface area contributed by atoms with Gasteiger partial charge in [0, 0.05) is 18.5 Å². The Morgan fingerprint density at radius 3 is 2.76 bits per heavy atom. The van der Waals surface area contributed by atoms with Gasteiger partial charge in [-0.05, 0) is 42.7 Å². The van der Waals surface area contributed by atoms with Crippen LogP contribution in [0.25, 0.3) is 0 Å². The molecule has 0 radical (unpaired) electrons. The lowest BCUT2D eigenvalue weighted by Crippen LogP contribution is -2.36. The van der Waals surface area contributed by atoms with Gasteiger partial charge in [0.25, 0.3) is 0 Å². The van der Waals surface area contributed by atoms with E-state index in [1.165, 1.54) is 23.8 Å². The fourth-order valence-electron chi connectivity index (χ4n) is 2.97. The minimum atomic E-state index is -3.37. The molecule has 0 unspecified atom stereocenters. The maximum absolute atomic E-state index is 12.4. The van der Waals surface area contributed by atoms with E-state index < -0.39 is 9.84 Å². The topological polar surface area (TPSA) is 66.5 Å². The number of hydrogen-bond acceptors (Lipinski definition) is 4. The van der Waals surface area contributed by atoms with Crippen molar-refractivity contribution >= 4 is 38.7 Å². The molecule has 0 atom stereocenters. The maximum atomic E-state index is 12.4. The Labute approximate surface area is 152 Å². The van der Waals surface area contributed by atoms with Gasteiger partial charge in [-0.3, -0.25) is 4.79 Å². The number of hydrogen-bond donors (Lipinski definition) is 1. The summed E-state index contributed by atoms with van der Waals surface area (Å²) >= 11 is 6.09. The smallest absolute Gasteiger partial charge is 0.243 e. The average molecular weight is 379 g/mol. The molecule has 3 rings (SSSR count). The summed E-state index contributed by atoms with van der Waals surface area (Å²) in [4.78, 5) is 14.6. The number of halogens is 1. The molecule has 5 nitrogen and oxygen atoms in total. The van der Waals surface area contributed by atoms with Gasteiger partial charge in [0.05, 0.1) is 22.2 Å². The zero-order chi connectivity index (χ0) is 18.0. The van der Waals surface area contributed by atoms with E-state index in [0.717, 1.165) is 31.3 Å². The third-order valence-electron chi connectivity index (χ3n) is 4.18. The molecule has 1 N–H and O–H groups in total. The second kappa shape index (κ2) is 7.06. The minimum Gasteiger partial charge on any atom is -0.362 e. The molecule has 0 spiro atoms. The first-order chi connectivity index (χ1) is 11.8. The highest BCUT2D eigenvalue weighted by molar-refractivity contribution is 7.90. The van der Waals surface area contributed by atoms with Gasteiger partial charge in [-0.2, -0.15) is 0 Å². The van der Waals surface area contributed by atoms with E-state index in [1.54, 1.807) is 0 Å². The zero-order valence-electron chi connectivity index (χ0n) is 13.8. The third kappa shape index (κ3) is 4.14. The number of carbonyl (C=O) groups excluding carboxylic acids is 1. The molecule has 1 aliphatic rings. The highest BCUT2D eigenvalue weighted by atomic mass is 35.5. The molecule has 2 aromatic carbocycles. The minimum absolute atomic E-state index is 0.121. The van der Waals surface area contributed by atoms with Crippen molar-refractivity contribution in [3.05, 3.63) is 53.1 Å². The number of benzene rings is 2. The van der Waals surface area contributed by atoms with E-state index in [1.807, 2.05) is 23.1 Å². The van der Waals surface area contributed by atoms with Gasteiger partial charge in [0.2, 0.25) is 5.91 Å². The Morgan fingerprint density at radius 2 is 2.00 bits per heavy atom. The highest BCUT2D eigenvalue weighted by Gasteiger charge is 2.19. The number of rotatable bonds is 4. The van der Waals surface area contributed by atoms with Gasteiger partial charge in [0.1, 0.15) is 0 Å². The first-order valence-corrected chi connectivity index (χ1v) is 10.2. The lowest BCUT2D eigenvalue weighted by Gasteiger charge is -2.30. The normalized spacial score (nSPS) is 14.1. The Morgan fingerprint density at radius 1 is 1.24 bits per heavy atom. The Bertz CT molecular complexity index is 912. The number of fused-ring (bicyclic) bond motifs is 1. The van der Waals surface area contributed by atoms with E-state index in [2.05, 4.69) is 11.4 Å². The predicted molar refractivity (Wildman–Crippen MR) is 100 cm³/mol. The van der Waals surface area contributed by atoms with Crippen molar-refractivity contribution in [2.24, 2.45) is 0 Å². The zero-order valence-corrected chi connectivity index (χ0v) is 15.4. The average Bonchev–Trinajstić information content (AvgIpc) is 2.56. The molecule has 2 aromatic rings. The Kier molecular flexibility index (Phi) is 5.01. The van der Waals surface area contributed by atoms with Crippen molar-refractivity contribution in [2.45, 2.75) is 17.7 Å². The second-order valence-corrected chi connectivity index (χ2v) is 8.54. The molecule has 132 valence electrons. The van der Waals surface area contributed by atoms with Crippen LogP contribution in [-0.4, -0.2) is 33.7 Å². The van der Waals surface area contributed by atoms with Crippen LogP contribution in [0, 0.1) is 0 Å². The van der Waals surface area contributed by atoms with Crippen LogP contribution in [0.1, 0.15) is 12.0 Å². The van der Waals surface area contributed by atoms with Crippen LogP contribution in [0.4, 0.5) is 11.4 Å². The van der Waals surface area contributed by atoms with Gasteiger partial charge in [0.15, 0.2) is 9.84 Å². The summed E-state index contributed by atoms with van der Waals surface area (Å²) in [6.07, 6.45) is 3.12. The van der Waals surface area contributed by atoms with Crippen LogP contribution >= 0.6 is 11.6 Å². The number of carbonyl (C=O) groups is 1. The number of anilines is 2. The van der Waals surface area contributed by atoms with E-state index in [4.69, 9.17) is 11.6 Å². The van der Waals surface area contributed by atoms with Crippen LogP contribution in [0.3, 0.4) is 0 Å². The van der Waals surface area contributed by atoms with Crippen molar-refractivity contribution in [1.82, 2.24) is 0 Å². The third-order valence-corrected chi connectivity index (χ3v) is 5.62. The fourth-order valence-corrected chi connectivity index (χ4v) is 3.78. The van der Waals surface area contributed by atoms with Gasteiger partial charge in [-0.25, -0.2) is 8.42 Å². The van der Waals surface area contributed by atoms with E-state index >= 15 is 0 Å². The molecule has 7 heteroatoms. The Hall–Kier alpha value is -2.05. The van der Waals surface area contributed by atoms with Crippen LogP contribution in [0.5, 0.6) is 0 Å². The Balaban J connectivity index is 1.76. The number of amides is 1. The van der Waals surface area contributed by atoms with Gasteiger partial charge < -0.3 is 10.2 Å². The van der Waals surface area contributed by atoms with E-state index in [0.29, 0.717) is 10.7 Å². The molecule has 0 aromatic heterocycles. The SMILES string of the molecule is CS(=O)(=O)c1ccc(Cl)c(NC(=O)CN2CCCc3ccccc32)c1. The number of nitrogens with one attached hydrogen (secondary N) is 1. The molecule has 1 amide bonds. The van der Waals surface area contributed by atoms with Gasteiger partial charge >= 0.3 is 0 Å². The van der Waals surface area contributed by atoms with Crippen LogP contribution < -0.4 is 10.2 Å². The fraction of sp³-hybridized carbons (Fsp3) is 0.278. The number of para-hydroxylation sites is 1. The van der Waals surface area contributed by atoms with Crippen LogP contribution in [0.15, 0.2) is 47.4 Å². The summed E-state index contributed by atoms with van der Waals surface area (Å²) in [6, 6.07) is 12.3. The highest BCUT2D eigenvalue weighted by Crippen LogP contribution is 2.28. The molecular formula is C18H19ClN2O3S. The summed E-state index contributed by atoms with van der Waals surface area (Å²) in [6.45, 7) is 0.998. The van der Waals surface area contributed by atoms with E-state index in [9.17, 15) is 13.2 Å². The number of nitrogens with zero attached hydrogens (tertiary/aromatic N) is 1. The summed E-state index contributed by atoms with van der Waals surface area (Å²) in [5.41, 5.74) is 2.61. The quantitative estimate of drug-likeness (QED) is 0.887. The first kappa shape index (κ1) is 17.8. The molecule has 1 aliphatic heterocycles. The molecule has 25 heavy (non-hydrogen) atoms. The van der Waals surface area contributed by atoms with Crippen molar-refractivity contribution in [2.75, 3.05) is 29.6 Å². The standard InChI is InChI=1S/C18H19ClN2O3S/c1-25(23,24)14-8-9-15(19)16(11-14)20-18(22)12-21-10-4-6-13-5-2-3-7-17(13)21/h2-3,5,7-9,11H,4,6,10,12H2,1H3,(H,20,22). The largest absolute Gasteiger partial charge is 0.362 e. The first-order valence-electron chi connectivity index (χ1n) is 7.97. The van der Waals surface area contributed by atoms with E-state index in [-0.39, 0.29) is 17.3 Å². The maximum Gasteiger partial charge on any atom is 0.243 e. The molecule has 0 saturated carbocycles. The summed E-state index contributed by atoms with van der Waals surface area (Å²) in [5.74, 6) is -0.232. The molecule has 0 saturated heterocycles. The van der Waals surface area contributed by atoms with Crippen LogP contribution in [0.2, 0.25) is 5.02 Å². The lowest BCUT2D eigenvalue weighted by atomic mass is 10.0. The van der Waals surface area contributed by atoms with Gasteiger partial charge in [-0.1, -0.05) is 29.8 Å². The van der Waals surface area contributed by atoms with Crippen LogP contribution in [-0.2, 0) is 21.1 Å². The molecule has 0 aliphatic carbocycles. The molecule has 0 fully saturated rings. The lowest BCUT2D eigenvalue weighted by molar-refractivity contribution is -0.115.